The van der Waals surface area contributed by atoms with E-state index in [1.807, 2.05) is 60.0 Å². The fraction of sp³-hybridized carbons (Fsp3) is 0.0952. The van der Waals surface area contributed by atoms with Crippen molar-refractivity contribution in [3.05, 3.63) is 65.0 Å². The molecule has 0 fully saturated rings. The number of ether oxygens (including phenoxy) is 1. The lowest BCUT2D eigenvalue weighted by atomic mass is 10.1. The summed E-state index contributed by atoms with van der Waals surface area (Å²) in [7, 11) is 0. The Hall–Kier alpha value is -3.45. The van der Waals surface area contributed by atoms with E-state index in [0.717, 1.165) is 28.3 Å². The number of nitrogens with one attached hydrogen (secondary N) is 2. The standard InChI is InChI=1S/C21H17N3O3S/c1-13(25)22-17-8-6-14(7-9-17)18-12-28-21(23-18)24-20(26)16-10-15-4-2-3-5-19(15)27-11-16/h2-10,12H,11H2,1H3,(H,22,25)(H,23,24,26). The molecule has 1 aliphatic heterocycles. The van der Waals surface area contributed by atoms with Gasteiger partial charge in [-0.1, -0.05) is 30.3 Å². The minimum absolute atomic E-state index is 0.116. The van der Waals surface area contributed by atoms with Crippen LogP contribution < -0.4 is 15.4 Å². The highest BCUT2D eigenvalue weighted by molar-refractivity contribution is 7.14. The van der Waals surface area contributed by atoms with Crippen molar-refractivity contribution in [2.24, 2.45) is 0 Å². The number of benzene rings is 2. The summed E-state index contributed by atoms with van der Waals surface area (Å²) in [4.78, 5) is 28.1. The van der Waals surface area contributed by atoms with Crippen molar-refractivity contribution in [3.8, 4) is 17.0 Å². The zero-order valence-electron chi connectivity index (χ0n) is 15.1. The highest BCUT2D eigenvalue weighted by Gasteiger charge is 2.18. The highest BCUT2D eigenvalue weighted by atomic mass is 32.1. The molecule has 2 N–H and O–H groups in total. The molecule has 1 aromatic heterocycles. The van der Waals surface area contributed by atoms with Gasteiger partial charge in [0.1, 0.15) is 12.4 Å². The summed E-state index contributed by atoms with van der Waals surface area (Å²) in [6, 6.07) is 15.0. The zero-order valence-corrected chi connectivity index (χ0v) is 15.9. The van der Waals surface area contributed by atoms with Gasteiger partial charge in [-0.05, 0) is 24.3 Å². The molecule has 140 valence electrons. The number of amides is 2. The second-order valence-electron chi connectivity index (χ2n) is 6.25. The summed E-state index contributed by atoms with van der Waals surface area (Å²) < 4.78 is 5.63. The predicted molar refractivity (Wildman–Crippen MR) is 110 cm³/mol. The van der Waals surface area contributed by atoms with Crippen LogP contribution in [-0.2, 0) is 9.59 Å². The van der Waals surface area contributed by atoms with E-state index in [4.69, 9.17) is 4.74 Å². The molecule has 0 saturated carbocycles. The quantitative estimate of drug-likeness (QED) is 0.699. The lowest BCUT2D eigenvalue weighted by Crippen LogP contribution is -2.21. The number of rotatable bonds is 4. The maximum absolute atomic E-state index is 12.5. The van der Waals surface area contributed by atoms with Crippen molar-refractivity contribution >= 4 is 40.0 Å². The molecule has 2 heterocycles. The summed E-state index contributed by atoms with van der Waals surface area (Å²) in [6.45, 7) is 1.69. The third kappa shape index (κ3) is 3.94. The van der Waals surface area contributed by atoms with E-state index < -0.39 is 0 Å². The first-order chi connectivity index (χ1) is 13.6. The van der Waals surface area contributed by atoms with E-state index in [1.54, 1.807) is 0 Å². The minimum Gasteiger partial charge on any atom is -0.488 e. The maximum atomic E-state index is 12.5. The van der Waals surface area contributed by atoms with Gasteiger partial charge in [-0.25, -0.2) is 4.98 Å². The zero-order chi connectivity index (χ0) is 19.5. The van der Waals surface area contributed by atoms with Crippen molar-refractivity contribution in [2.45, 2.75) is 6.92 Å². The van der Waals surface area contributed by atoms with Gasteiger partial charge in [0.05, 0.1) is 11.3 Å². The van der Waals surface area contributed by atoms with Gasteiger partial charge in [0, 0.05) is 29.1 Å². The summed E-state index contributed by atoms with van der Waals surface area (Å²) in [6.07, 6.45) is 1.84. The van der Waals surface area contributed by atoms with Crippen LogP contribution in [0.25, 0.3) is 17.3 Å². The number of nitrogens with zero attached hydrogens (tertiary/aromatic N) is 1. The number of carbonyl (C=O) groups is 2. The average Bonchev–Trinajstić information content (AvgIpc) is 3.16. The molecule has 0 bridgehead atoms. The number of hydrogen-bond donors (Lipinski definition) is 2. The Morgan fingerprint density at radius 2 is 1.86 bits per heavy atom. The molecule has 0 atom stereocenters. The van der Waals surface area contributed by atoms with E-state index in [-0.39, 0.29) is 18.4 Å². The minimum atomic E-state index is -0.226. The fourth-order valence-corrected chi connectivity index (χ4v) is 3.53. The Morgan fingerprint density at radius 1 is 1.07 bits per heavy atom. The van der Waals surface area contributed by atoms with Crippen molar-refractivity contribution in [1.82, 2.24) is 4.98 Å². The van der Waals surface area contributed by atoms with Crippen molar-refractivity contribution in [3.63, 3.8) is 0 Å². The molecule has 0 saturated heterocycles. The maximum Gasteiger partial charge on any atom is 0.256 e. The fourth-order valence-electron chi connectivity index (χ4n) is 2.82. The SMILES string of the molecule is CC(=O)Nc1ccc(-c2csc(NC(=O)C3=Cc4ccccc4OC3)n2)cc1. The molecule has 0 aliphatic carbocycles. The molecule has 28 heavy (non-hydrogen) atoms. The van der Waals surface area contributed by atoms with Crippen LogP contribution in [-0.4, -0.2) is 23.4 Å². The smallest absolute Gasteiger partial charge is 0.256 e. The van der Waals surface area contributed by atoms with Crippen LogP contribution in [0.1, 0.15) is 12.5 Å². The number of para-hydroxylation sites is 1. The monoisotopic (exact) mass is 391 g/mol. The number of carbonyl (C=O) groups excluding carboxylic acids is 2. The van der Waals surface area contributed by atoms with Crippen LogP contribution >= 0.6 is 11.3 Å². The molecule has 6 nitrogen and oxygen atoms in total. The molecule has 7 heteroatoms. The van der Waals surface area contributed by atoms with E-state index in [2.05, 4.69) is 15.6 Å². The molecular weight excluding hydrogens is 374 g/mol. The molecular formula is C21H17N3O3S. The predicted octanol–water partition coefficient (Wildman–Crippen LogP) is 4.18. The van der Waals surface area contributed by atoms with Gasteiger partial charge >= 0.3 is 0 Å². The van der Waals surface area contributed by atoms with Gasteiger partial charge in [0.25, 0.3) is 5.91 Å². The third-order valence-corrected chi connectivity index (χ3v) is 4.91. The number of anilines is 2. The van der Waals surface area contributed by atoms with Crippen LogP contribution in [0.4, 0.5) is 10.8 Å². The molecule has 2 aromatic carbocycles. The van der Waals surface area contributed by atoms with Crippen LogP contribution in [0.2, 0.25) is 0 Å². The van der Waals surface area contributed by atoms with Gasteiger partial charge in [-0.3, -0.25) is 14.9 Å². The van der Waals surface area contributed by atoms with E-state index >= 15 is 0 Å². The van der Waals surface area contributed by atoms with Crippen LogP contribution in [0, 0.1) is 0 Å². The molecule has 0 radical (unpaired) electrons. The average molecular weight is 391 g/mol. The van der Waals surface area contributed by atoms with E-state index in [0.29, 0.717) is 10.7 Å². The first-order valence-electron chi connectivity index (χ1n) is 8.66. The first-order valence-corrected chi connectivity index (χ1v) is 9.54. The van der Waals surface area contributed by atoms with E-state index in [1.165, 1.54) is 18.3 Å². The Balaban J connectivity index is 1.46. The third-order valence-electron chi connectivity index (χ3n) is 4.15. The van der Waals surface area contributed by atoms with Crippen LogP contribution in [0.5, 0.6) is 5.75 Å². The summed E-state index contributed by atoms with van der Waals surface area (Å²) in [5.74, 6) is 0.435. The van der Waals surface area contributed by atoms with Gasteiger partial charge in [-0.15, -0.1) is 11.3 Å². The number of fused-ring (bicyclic) bond motifs is 1. The topological polar surface area (TPSA) is 80.3 Å². The summed E-state index contributed by atoms with van der Waals surface area (Å²) in [5.41, 5.74) is 3.83. The van der Waals surface area contributed by atoms with Crippen LogP contribution in [0.3, 0.4) is 0 Å². The number of aromatic nitrogens is 1. The van der Waals surface area contributed by atoms with Crippen molar-refractivity contribution < 1.29 is 14.3 Å². The first kappa shape index (κ1) is 17.9. The van der Waals surface area contributed by atoms with Crippen molar-refractivity contribution in [1.29, 1.82) is 0 Å². The lowest BCUT2D eigenvalue weighted by Gasteiger charge is -2.16. The number of hydrogen-bond acceptors (Lipinski definition) is 5. The lowest BCUT2D eigenvalue weighted by molar-refractivity contribution is -0.114. The molecule has 0 spiro atoms. The summed E-state index contributed by atoms with van der Waals surface area (Å²) in [5, 5.41) is 7.96. The Bertz CT molecular complexity index is 1070. The van der Waals surface area contributed by atoms with Gasteiger partial charge < -0.3 is 10.1 Å². The van der Waals surface area contributed by atoms with Crippen LogP contribution in [0.15, 0.2) is 59.5 Å². The second kappa shape index (κ2) is 7.66. The van der Waals surface area contributed by atoms with Crippen molar-refractivity contribution in [2.75, 3.05) is 17.2 Å². The second-order valence-corrected chi connectivity index (χ2v) is 7.10. The largest absolute Gasteiger partial charge is 0.488 e. The highest BCUT2D eigenvalue weighted by Crippen LogP contribution is 2.28. The molecule has 1 aliphatic rings. The van der Waals surface area contributed by atoms with Gasteiger partial charge in [0.15, 0.2) is 5.13 Å². The van der Waals surface area contributed by atoms with Gasteiger partial charge in [0.2, 0.25) is 5.91 Å². The number of thiazole rings is 1. The Morgan fingerprint density at radius 3 is 2.64 bits per heavy atom. The Kier molecular flexibility index (Phi) is 4.90. The van der Waals surface area contributed by atoms with Gasteiger partial charge in [-0.2, -0.15) is 0 Å². The molecule has 2 amide bonds. The Labute approximate surface area is 165 Å². The van der Waals surface area contributed by atoms with E-state index in [9.17, 15) is 9.59 Å². The molecule has 0 unspecified atom stereocenters. The normalized spacial score (nSPS) is 12.4. The molecule has 3 aromatic rings. The summed E-state index contributed by atoms with van der Waals surface area (Å²) >= 11 is 1.36. The molecule has 4 rings (SSSR count).